The molecule has 1 aromatic heterocycles. The van der Waals surface area contributed by atoms with E-state index in [9.17, 15) is 5.26 Å². The Labute approximate surface area is 154 Å². The summed E-state index contributed by atoms with van der Waals surface area (Å²) in [5.41, 5.74) is 3.31. The summed E-state index contributed by atoms with van der Waals surface area (Å²) in [7, 11) is 0. The Balaban J connectivity index is 1.99. The fraction of sp³-hybridized carbons (Fsp3) is 0.0526. The van der Waals surface area contributed by atoms with Crippen LogP contribution < -0.4 is 0 Å². The summed E-state index contributed by atoms with van der Waals surface area (Å²) in [6, 6.07) is 17.1. The number of hydrogen-bond acceptors (Lipinski definition) is 3. The average molecular weight is 371 g/mol. The second kappa shape index (κ2) is 7.19. The minimum atomic E-state index is 0.533. The Hall–Kier alpha value is -2.12. The van der Waals surface area contributed by atoms with Crippen LogP contribution in [0.4, 0.5) is 0 Å². The summed E-state index contributed by atoms with van der Waals surface area (Å²) in [4.78, 5) is 5.71. The van der Waals surface area contributed by atoms with Crippen molar-refractivity contribution in [2.45, 2.75) is 6.92 Å². The van der Waals surface area contributed by atoms with Crippen molar-refractivity contribution in [1.29, 1.82) is 5.26 Å². The summed E-state index contributed by atoms with van der Waals surface area (Å²) in [6.07, 6.45) is 1.82. The van der Waals surface area contributed by atoms with Crippen LogP contribution in [0.15, 0.2) is 48.5 Å². The first-order valence-corrected chi connectivity index (χ1v) is 8.75. The van der Waals surface area contributed by atoms with Gasteiger partial charge in [0.15, 0.2) is 0 Å². The van der Waals surface area contributed by atoms with E-state index in [1.165, 1.54) is 11.3 Å². The van der Waals surface area contributed by atoms with Crippen LogP contribution in [0.2, 0.25) is 10.0 Å². The maximum absolute atomic E-state index is 9.51. The third-order valence-corrected chi connectivity index (χ3v) is 4.95. The number of thiazole rings is 1. The maximum Gasteiger partial charge on any atom is 0.134 e. The first-order valence-electron chi connectivity index (χ1n) is 7.18. The molecule has 2 aromatic carbocycles. The largest absolute Gasteiger partial charge is 0.235 e. The smallest absolute Gasteiger partial charge is 0.134 e. The highest BCUT2D eigenvalue weighted by Crippen LogP contribution is 2.32. The van der Waals surface area contributed by atoms with Gasteiger partial charge in [-0.15, -0.1) is 11.3 Å². The average Bonchev–Trinajstić information content (AvgIpc) is 2.96. The predicted molar refractivity (Wildman–Crippen MR) is 102 cm³/mol. The number of allylic oxidation sites excluding steroid dienone is 1. The molecule has 0 saturated heterocycles. The van der Waals surface area contributed by atoms with E-state index in [0.717, 1.165) is 21.7 Å². The van der Waals surface area contributed by atoms with E-state index in [-0.39, 0.29) is 0 Å². The Morgan fingerprint density at radius 2 is 1.62 bits per heavy atom. The molecule has 0 bridgehead atoms. The molecule has 0 radical (unpaired) electrons. The SMILES string of the molecule is Cc1sc(/C(C#N)=C/c2ccc(Cl)cc2)nc1-c1ccc(Cl)cc1. The number of benzene rings is 2. The summed E-state index contributed by atoms with van der Waals surface area (Å²) in [5.74, 6) is 0. The van der Waals surface area contributed by atoms with Crippen LogP contribution in [0.5, 0.6) is 0 Å². The van der Waals surface area contributed by atoms with Crippen LogP contribution in [-0.2, 0) is 0 Å². The van der Waals surface area contributed by atoms with Crippen molar-refractivity contribution in [3.05, 3.63) is 74.0 Å². The second-order valence-electron chi connectivity index (χ2n) is 5.15. The Bertz CT molecular complexity index is 933. The maximum atomic E-state index is 9.51. The van der Waals surface area contributed by atoms with E-state index >= 15 is 0 Å². The second-order valence-corrected chi connectivity index (χ2v) is 7.23. The summed E-state index contributed by atoms with van der Waals surface area (Å²) in [6.45, 7) is 2.00. The Kier molecular flexibility index (Phi) is 5.01. The Morgan fingerprint density at radius 3 is 2.21 bits per heavy atom. The number of halogens is 2. The van der Waals surface area contributed by atoms with Crippen molar-refractivity contribution >= 4 is 46.2 Å². The topological polar surface area (TPSA) is 36.7 Å². The molecule has 0 amide bonds. The molecule has 5 heteroatoms. The molecule has 24 heavy (non-hydrogen) atoms. The fourth-order valence-electron chi connectivity index (χ4n) is 2.25. The highest BCUT2D eigenvalue weighted by atomic mass is 35.5. The molecule has 3 rings (SSSR count). The zero-order chi connectivity index (χ0) is 17.1. The molecule has 0 aliphatic rings. The third-order valence-electron chi connectivity index (χ3n) is 3.45. The summed E-state index contributed by atoms with van der Waals surface area (Å²) >= 11 is 13.3. The highest BCUT2D eigenvalue weighted by Gasteiger charge is 2.13. The molecule has 118 valence electrons. The first-order chi connectivity index (χ1) is 11.6. The van der Waals surface area contributed by atoms with Crippen LogP contribution in [-0.4, -0.2) is 4.98 Å². The van der Waals surface area contributed by atoms with Gasteiger partial charge in [0.05, 0.1) is 11.3 Å². The normalized spacial score (nSPS) is 11.3. The van der Waals surface area contributed by atoms with E-state index in [1.807, 2.05) is 49.4 Å². The van der Waals surface area contributed by atoms with Gasteiger partial charge in [0.2, 0.25) is 0 Å². The molecule has 1 heterocycles. The lowest BCUT2D eigenvalue weighted by Crippen LogP contribution is -1.83. The van der Waals surface area contributed by atoms with E-state index in [2.05, 4.69) is 11.1 Å². The van der Waals surface area contributed by atoms with Crippen molar-refractivity contribution in [2.75, 3.05) is 0 Å². The van der Waals surface area contributed by atoms with Crippen LogP contribution >= 0.6 is 34.5 Å². The molecule has 0 saturated carbocycles. The molecular formula is C19H12Cl2N2S. The number of aryl methyl sites for hydroxylation is 1. The molecule has 3 aromatic rings. The molecule has 2 nitrogen and oxygen atoms in total. The number of aromatic nitrogens is 1. The van der Waals surface area contributed by atoms with Crippen molar-refractivity contribution < 1.29 is 0 Å². The molecule has 0 spiro atoms. The van der Waals surface area contributed by atoms with E-state index < -0.39 is 0 Å². The van der Waals surface area contributed by atoms with Gasteiger partial charge in [0.1, 0.15) is 11.1 Å². The fourth-order valence-corrected chi connectivity index (χ4v) is 3.41. The van der Waals surface area contributed by atoms with Gasteiger partial charge in [-0.05, 0) is 42.8 Å². The third kappa shape index (κ3) is 3.68. The van der Waals surface area contributed by atoms with Crippen molar-refractivity contribution in [3.63, 3.8) is 0 Å². The monoisotopic (exact) mass is 370 g/mol. The molecule has 0 atom stereocenters. The van der Waals surface area contributed by atoms with Crippen molar-refractivity contribution in [2.24, 2.45) is 0 Å². The van der Waals surface area contributed by atoms with Gasteiger partial charge >= 0.3 is 0 Å². The number of rotatable bonds is 3. The number of hydrogen-bond donors (Lipinski definition) is 0. The van der Waals surface area contributed by atoms with Crippen molar-refractivity contribution in [3.8, 4) is 17.3 Å². The lowest BCUT2D eigenvalue weighted by molar-refractivity contribution is 1.34. The standard InChI is InChI=1S/C19H12Cl2N2S/c1-12-18(14-4-8-17(21)9-5-14)23-19(24-12)15(11-22)10-13-2-6-16(20)7-3-13/h2-10H,1H3/b15-10+. The first kappa shape index (κ1) is 16.7. The predicted octanol–water partition coefficient (Wildman–Crippen LogP) is 6.49. The molecule has 0 N–H and O–H groups in total. The van der Waals surface area contributed by atoms with E-state index in [0.29, 0.717) is 20.6 Å². The number of nitrogens with zero attached hydrogens (tertiary/aromatic N) is 2. The molecule has 0 unspecified atom stereocenters. The highest BCUT2D eigenvalue weighted by molar-refractivity contribution is 7.13. The molecule has 0 aliphatic carbocycles. The minimum Gasteiger partial charge on any atom is -0.235 e. The van der Waals surface area contributed by atoms with E-state index in [1.54, 1.807) is 12.1 Å². The number of nitriles is 1. The van der Waals surface area contributed by atoms with Crippen LogP contribution in [0, 0.1) is 18.3 Å². The Morgan fingerprint density at radius 1 is 1.04 bits per heavy atom. The van der Waals surface area contributed by atoms with Crippen LogP contribution in [0.25, 0.3) is 22.9 Å². The van der Waals surface area contributed by atoms with Crippen LogP contribution in [0.3, 0.4) is 0 Å². The molecule has 0 fully saturated rings. The summed E-state index contributed by atoms with van der Waals surface area (Å²) in [5, 5.41) is 11.6. The zero-order valence-electron chi connectivity index (χ0n) is 12.8. The zero-order valence-corrected chi connectivity index (χ0v) is 15.1. The summed E-state index contributed by atoms with van der Waals surface area (Å²) < 4.78 is 0. The van der Waals surface area contributed by atoms with Crippen LogP contribution in [0.1, 0.15) is 15.4 Å². The van der Waals surface area contributed by atoms with E-state index in [4.69, 9.17) is 23.2 Å². The molecular weight excluding hydrogens is 359 g/mol. The van der Waals surface area contributed by atoms with Crippen molar-refractivity contribution in [1.82, 2.24) is 4.98 Å². The minimum absolute atomic E-state index is 0.533. The van der Waals surface area contributed by atoms with Gasteiger partial charge in [-0.1, -0.05) is 47.5 Å². The van der Waals surface area contributed by atoms with Gasteiger partial charge in [-0.25, -0.2) is 4.98 Å². The lowest BCUT2D eigenvalue weighted by atomic mass is 10.1. The van der Waals surface area contributed by atoms with Gasteiger partial charge < -0.3 is 0 Å². The molecule has 0 aliphatic heterocycles. The van der Waals surface area contributed by atoms with Gasteiger partial charge in [-0.3, -0.25) is 0 Å². The van der Waals surface area contributed by atoms with Gasteiger partial charge in [0.25, 0.3) is 0 Å². The quantitative estimate of drug-likeness (QED) is 0.494. The van der Waals surface area contributed by atoms with Gasteiger partial charge in [0, 0.05) is 20.5 Å². The lowest BCUT2D eigenvalue weighted by Gasteiger charge is -1.98. The van der Waals surface area contributed by atoms with Gasteiger partial charge in [-0.2, -0.15) is 5.26 Å².